The van der Waals surface area contributed by atoms with Gasteiger partial charge in [-0.1, -0.05) is 50.2 Å². The van der Waals surface area contributed by atoms with Crippen molar-refractivity contribution in [2.24, 2.45) is 11.8 Å². The predicted octanol–water partition coefficient (Wildman–Crippen LogP) is 3.66. The van der Waals surface area contributed by atoms with Crippen LogP contribution in [0.4, 0.5) is 0 Å². The van der Waals surface area contributed by atoms with Crippen LogP contribution in [0.25, 0.3) is 0 Å². The molecule has 0 spiro atoms. The Balaban J connectivity index is 2.41. The van der Waals surface area contributed by atoms with Gasteiger partial charge in [-0.25, -0.2) is 8.42 Å². The Labute approximate surface area is 171 Å². The molecule has 29 heavy (non-hydrogen) atoms. The van der Waals surface area contributed by atoms with Crippen molar-refractivity contribution < 1.29 is 27.5 Å². The highest BCUT2D eigenvalue weighted by molar-refractivity contribution is 7.92. The Morgan fingerprint density at radius 3 is 2.00 bits per heavy atom. The largest absolute Gasteiger partial charge is 0.469 e. The van der Waals surface area contributed by atoms with E-state index in [9.17, 15) is 18.0 Å². The molecule has 7 heteroatoms. The standard InChI is InChI=1S/C22H26O6S/c1-16(2)21(29(25,26)18-12-8-5-9-13-18)19(14-15-20(23)27-3)22(24)28-17-10-6-4-7-11-17/h4-13,16,19,21H,14-15H2,1-3H3. The highest BCUT2D eigenvalue weighted by Gasteiger charge is 2.42. The van der Waals surface area contributed by atoms with Gasteiger partial charge in [0.1, 0.15) is 5.75 Å². The number of sulfone groups is 1. The van der Waals surface area contributed by atoms with Crippen molar-refractivity contribution in [3.63, 3.8) is 0 Å². The van der Waals surface area contributed by atoms with Gasteiger partial charge in [-0.15, -0.1) is 0 Å². The monoisotopic (exact) mass is 418 g/mol. The summed E-state index contributed by atoms with van der Waals surface area (Å²) in [7, 11) is -2.59. The number of rotatable bonds is 9. The average Bonchev–Trinajstić information content (AvgIpc) is 2.71. The molecule has 0 aliphatic carbocycles. The summed E-state index contributed by atoms with van der Waals surface area (Å²) in [4.78, 5) is 24.8. The molecule has 2 atom stereocenters. The van der Waals surface area contributed by atoms with Gasteiger partial charge in [-0.3, -0.25) is 9.59 Å². The molecule has 2 aromatic rings. The lowest BCUT2D eigenvalue weighted by atomic mass is 9.92. The topological polar surface area (TPSA) is 86.7 Å². The molecule has 2 aromatic carbocycles. The van der Waals surface area contributed by atoms with Gasteiger partial charge in [0.25, 0.3) is 0 Å². The number of methoxy groups -OCH3 is 1. The third-order valence-corrected chi connectivity index (χ3v) is 7.15. The molecular weight excluding hydrogens is 392 g/mol. The van der Waals surface area contributed by atoms with Gasteiger partial charge in [-0.2, -0.15) is 0 Å². The van der Waals surface area contributed by atoms with E-state index in [2.05, 4.69) is 4.74 Å². The maximum atomic E-state index is 13.4. The van der Waals surface area contributed by atoms with Crippen molar-refractivity contribution >= 4 is 21.8 Å². The second-order valence-electron chi connectivity index (χ2n) is 7.02. The van der Waals surface area contributed by atoms with Crippen LogP contribution in [0.2, 0.25) is 0 Å². The number of esters is 2. The van der Waals surface area contributed by atoms with Crippen LogP contribution in [0.15, 0.2) is 65.6 Å². The molecule has 0 saturated heterocycles. The van der Waals surface area contributed by atoms with Crippen molar-refractivity contribution in [2.75, 3.05) is 7.11 Å². The van der Waals surface area contributed by atoms with Crippen molar-refractivity contribution in [1.29, 1.82) is 0 Å². The second-order valence-corrected chi connectivity index (χ2v) is 9.13. The minimum absolute atomic E-state index is 0.00719. The van der Waals surface area contributed by atoms with Gasteiger partial charge in [0.2, 0.25) is 0 Å². The summed E-state index contributed by atoms with van der Waals surface area (Å²) in [6.45, 7) is 3.48. The van der Waals surface area contributed by atoms with E-state index in [1.807, 2.05) is 0 Å². The van der Waals surface area contributed by atoms with Crippen molar-refractivity contribution in [2.45, 2.75) is 36.8 Å². The lowest BCUT2D eigenvalue weighted by molar-refractivity contribution is -0.142. The van der Waals surface area contributed by atoms with Crippen LogP contribution in [0.5, 0.6) is 5.75 Å². The molecule has 0 aliphatic rings. The average molecular weight is 419 g/mol. The molecular formula is C22H26O6S. The van der Waals surface area contributed by atoms with Crippen LogP contribution in [0.3, 0.4) is 0 Å². The van der Waals surface area contributed by atoms with E-state index in [-0.39, 0.29) is 23.7 Å². The van der Waals surface area contributed by atoms with Crippen LogP contribution in [0, 0.1) is 11.8 Å². The highest BCUT2D eigenvalue weighted by atomic mass is 32.2. The fourth-order valence-electron chi connectivity index (χ4n) is 3.28. The zero-order chi connectivity index (χ0) is 21.4. The number of hydrogen-bond donors (Lipinski definition) is 0. The highest BCUT2D eigenvalue weighted by Crippen LogP contribution is 2.31. The summed E-state index contributed by atoms with van der Waals surface area (Å²) in [5.74, 6) is -2.29. The van der Waals surface area contributed by atoms with Gasteiger partial charge in [0, 0.05) is 6.42 Å². The summed E-state index contributed by atoms with van der Waals surface area (Å²) in [6.07, 6.45) is -0.0775. The lowest BCUT2D eigenvalue weighted by Crippen LogP contribution is -2.41. The third kappa shape index (κ3) is 5.90. The maximum absolute atomic E-state index is 13.4. The Bertz CT molecular complexity index is 907. The van der Waals surface area contributed by atoms with E-state index in [1.54, 1.807) is 62.4 Å². The molecule has 0 radical (unpaired) electrons. The first-order valence-electron chi connectivity index (χ1n) is 9.40. The second kappa shape index (κ2) is 10.2. The molecule has 0 saturated carbocycles. The van der Waals surface area contributed by atoms with Gasteiger partial charge in [0.15, 0.2) is 9.84 Å². The summed E-state index contributed by atoms with van der Waals surface area (Å²) >= 11 is 0. The number of carbonyl (C=O) groups excluding carboxylic acids is 2. The Hall–Kier alpha value is -2.67. The van der Waals surface area contributed by atoms with Gasteiger partial charge < -0.3 is 9.47 Å². The fraction of sp³-hybridized carbons (Fsp3) is 0.364. The number of ether oxygens (including phenoxy) is 2. The van der Waals surface area contributed by atoms with E-state index >= 15 is 0 Å². The molecule has 0 aliphatic heterocycles. The summed E-state index contributed by atoms with van der Waals surface area (Å²) in [5.41, 5.74) is 0. The molecule has 156 valence electrons. The summed E-state index contributed by atoms with van der Waals surface area (Å²) in [6, 6.07) is 16.4. The Morgan fingerprint density at radius 2 is 1.48 bits per heavy atom. The maximum Gasteiger partial charge on any atom is 0.315 e. The quantitative estimate of drug-likeness (QED) is 0.456. The molecule has 0 amide bonds. The van der Waals surface area contributed by atoms with Gasteiger partial charge >= 0.3 is 11.9 Å². The molecule has 0 fully saturated rings. The van der Waals surface area contributed by atoms with Crippen molar-refractivity contribution in [3.05, 3.63) is 60.7 Å². The number of carbonyl (C=O) groups is 2. The van der Waals surface area contributed by atoms with Crippen LogP contribution < -0.4 is 4.74 Å². The third-order valence-electron chi connectivity index (χ3n) is 4.64. The molecule has 0 aromatic heterocycles. The first kappa shape index (κ1) is 22.6. The van der Waals surface area contributed by atoms with Crippen molar-refractivity contribution in [1.82, 2.24) is 0 Å². The van der Waals surface area contributed by atoms with E-state index in [1.165, 1.54) is 19.2 Å². The first-order chi connectivity index (χ1) is 13.8. The first-order valence-corrected chi connectivity index (χ1v) is 10.9. The summed E-state index contributed by atoms with van der Waals surface area (Å²) < 4.78 is 36.8. The molecule has 0 bridgehead atoms. The molecule has 0 N–H and O–H groups in total. The van der Waals surface area contributed by atoms with E-state index < -0.39 is 32.9 Å². The number of hydrogen-bond acceptors (Lipinski definition) is 6. The zero-order valence-corrected chi connectivity index (χ0v) is 17.6. The van der Waals surface area contributed by atoms with Crippen LogP contribution in [0.1, 0.15) is 26.7 Å². The summed E-state index contributed by atoms with van der Waals surface area (Å²) in [5, 5.41) is -1.05. The molecule has 6 nitrogen and oxygen atoms in total. The SMILES string of the molecule is COC(=O)CCC(C(=O)Oc1ccccc1)C(C(C)C)S(=O)(=O)c1ccccc1. The molecule has 0 heterocycles. The van der Waals surface area contributed by atoms with Gasteiger partial charge in [-0.05, 0) is 36.6 Å². The fourth-order valence-corrected chi connectivity index (χ4v) is 5.53. The van der Waals surface area contributed by atoms with Crippen LogP contribution in [-0.4, -0.2) is 32.7 Å². The van der Waals surface area contributed by atoms with Crippen molar-refractivity contribution in [3.8, 4) is 5.75 Å². The molecule has 2 unspecified atom stereocenters. The minimum atomic E-state index is -3.84. The van der Waals surface area contributed by atoms with E-state index in [4.69, 9.17) is 4.74 Å². The predicted molar refractivity (Wildman–Crippen MR) is 109 cm³/mol. The Morgan fingerprint density at radius 1 is 0.931 bits per heavy atom. The minimum Gasteiger partial charge on any atom is -0.469 e. The van der Waals surface area contributed by atoms with Crippen LogP contribution in [-0.2, 0) is 24.2 Å². The van der Waals surface area contributed by atoms with Crippen LogP contribution >= 0.6 is 0 Å². The number of benzene rings is 2. The van der Waals surface area contributed by atoms with E-state index in [0.29, 0.717) is 5.75 Å². The number of para-hydroxylation sites is 1. The smallest absolute Gasteiger partial charge is 0.315 e. The Kier molecular flexibility index (Phi) is 7.96. The normalized spacial score (nSPS) is 13.5. The lowest BCUT2D eigenvalue weighted by Gasteiger charge is -2.28. The van der Waals surface area contributed by atoms with E-state index in [0.717, 1.165) is 0 Å². The molecule has 2 rings (SSSR count). The zero-order valence-electron chi connectivity index (χ0n) is 16.8. The van der Waals surface area contributed by atoms with Gasteiger partial charge in [0.05, 0.1) is 23.2 Å².